The van der Waals surface area contributed by atoms with E-state index in [9.17, 15) is 4.79 Å². The summed E-state index contributed by atoms with van der Waals surface area (Å²) in [4.78, 5) is 11.2. The lowest BCUT2D eigenvalue weighted by molar-refractivity contribution is -0.135. The second kappa shape index (κ2) is 5.97. The summed E-state index contributed by atoms with van der Waals surface area (Å²) in [5, 5.41) is 8.57. The van der Waals surface area contributed by atoms with Gasteiger partial charge in [0.25, 0.3) is 0 Å². The molecular weight excluding hydrogens is 212 g/mol. The first-order valence-corrected chi connectivity index (χ1v) is 4.74. The van der Waals surface area contributed by atoms with Crippen molar-refractivity contribution in [3.05, 3.63) is 18.2 Å². The molecule has 0 amide bonds. The Morgan fingerprint density at radius 2 is 2.00 bits per heavy atom. The zero-order valence-electron chi connectivity index (χ0n) is 9.23. The molecule has 0 saturated carbocycles. The van der Waals surface area contributed by atoms with E-state index in [2.05, 4.69) is 0 Å². The van der Waals surface area contributed by atoms with Crippen molar-refractivity contribution < 1.29 is 24.1 Å². The van der Waals surface area contributed by atoms with Gasteiger partial charge in [-0.15, -0.1) is 0 Å². The Kier molecular flexibility index (Phi) is 4.60. The Morgan fingerprint density at radius 1 is 1.25 bits per heavy atom. The maximum atomic E-state index is 11.2. The third-order valence-electron chi connectivity index (χ3n) is 1.91. The molecule has 88 valence electrons. The van der Waals surface area contributed by atoms with Crippen LogP contribution < -0.4 is 14.2 Å². The van der Waals surface area contributed by atoms with Gasteiger partial charge in [-0.2, -0.15) is 0 Å². The molecule has 16 heavy (non-hydrogen) atoms. The highest BCUT2D eigenvalue weighted by atomic mass is 16.6. The SMILES string of the molecule is COc1ccc(OC(=O)CCO)c(OC)c1. The summed E-state index contributed by atoms with van der Waals surface area (Å²) < 4.78 is 15.0. The van der Waals surface area contributed by atoms with Gasteiger partial charge in [0.2, 0.25) is 0 Å². The van der Waals surface area contributed by atoms with Crippen LogP contribution in [0.25, 0.3) is 0 Å². The highest BCUT2D eigenvalue weighted by Gasteiger charge is 2.10. The maximum Gasteiger partial charge on any atom is 0.313 e. The minimum atomic E-state index is -0.508. The fourth-order valence-corrected chi connectivity index (χ4v) is 1.12. The van der Waals surface area contributed by atoms with Gasteiger partial charge in [-0.25, -0.2) is 0 Å². The van der Waals surface area contributed by atoms with E-state index >= 15 is 0 Å². The number of carbonyl (C=O) groups is 1. The van der Waals surface area contributed by atoms with E-state index in [0.717, 1.165) is 0 Å². The number of esters is 1. The molecule has 0 unspecified atom stereocenters. The molecule has 0 aliphatic heterocycles. The monoisotopic (exact) mass is 226 g/mol. The third kappa shape index (κ3) is 3.13. The third-order valence-corrected chi connectivity index (χ3v) is 1.91. The van der Waals surface area contributed by atoms with Crippen LogP contribution in [0.15, 0.2) is 18.2 Å². The zero-order chi connectivity index (χ0) is 12.0. The second-order valence-corrected chi connectivity index (χ2v) is 2.96. The molecule has 0 bridgehead atoms. The summed E-state index contributed by atoms with van der Waals surface area (Å²) in [5.74, 6) is 0.817. The van der Waals surface area contributed by atoms with Crippen molar-refractivity contribution >= 4 is 5.97 Å². The van der Waals surface area contributed by atoms with E-state index in [1.807, 2.05) is 0 Å². The van der Waals surface area contributed by atoms with Crippen molar-refractivity contribution in [1.82, 2.24) is 0 Å². The summed E-state index contributed by atoms with van der Waals surface area (Å²) in [5.41, 5.74) is 0. The number of benzene rings is 1. The average Bonchev–Trinajstić information content (AvgIpc) is 2.30. The average molecular weight is 226 g/mol. The van der Waals surface area contributed by atoms with Crippen LogP contribution in [0.4, 0.5) is 0 Å². The Labute approximate surface area is 93.6 Å². The van der Waals surface area contributed by atoms with Gasteiger partial charge in [-0.3, -0.25) is 4.79 Å². The molecule has 1 aromatic rings. The van der Waals surface area contributed by atoms with Crippen molar-refractivity contribution in [2.75, 3.05) is 20.8 Å². The largest absolute Gasteiger partial charge is 0.497 e. The smallest absolute Gasteiger partial charge is 0.313 e. The normalized spacial score (nSPS) is 9.69. The van der Waals surface area contributed by atoms with E-state index in [1.165, 1.54) is 14.2 Å². The quantitative estimate of drug-likeness (QED) is 0.599. The first kappa shape index (κ1) is 12.3. The number of hydrogen-bond acceptors (Lipinski definition) is 5. The molecule has 0 aliphatic rings. The lowest BCUT2D eigenvalue weighted by atomic mass is 10.3. The minimum Gasteiger partial charge on any atom is -0.497 e. The fourth-order valence-electron chi connectivity index (χ4n) is 1.12. The van der Waals surface area contributed by atoms with Crippen molar-refractivity contribution in [3.63, 3.8) is 0 Å². The molecule has 0 aliphatic carbocycles. The number of hydrogen-bond donors (Lipinski definition) is 1. The van der Waals surface area contributed by atoms with Crippen molar-refractivity contribution in [1.29, 1.82) is 0 Å². The van der Waals surface area contributed by atoms with Crippen LogP contribution in [-0.4, -0.2) is 31.9 Å². The first-order chi connectivity index (χ1) is 7.71. The van der Waals surface area contributed by atoms with Crippen LogP contribution in [-0.2, 0) is 4.79 Å². The van der Waals surface area contributed by atoms with Crippen LogP contribution in [0.3, 0.4) is 0 Å². The van der Waals surface area contributed by atoms with Crippen LogP contribution in [0.5, 0.6) is 17.2 Å². The van der Waals surface area contributed by atoms with Crippen LogP contribution in [0.2, 0.25) is 0 Å². The predicted octanol–water partition coefficient (Wildman–Crippen LogP) is 0.992. The Balaban J connectivity index is 2.83. The molecule has 1 N–H and O–H groups in total. The number of aliphatic hydroxyl groups is 1. The Hall–Kier alpha value is -1.75. The van der Waals surface area contributed by atoms with E-state index in [1.54, 1.807) is 18.2 Å². The van der Waals surface area contributed by atoms with E-state index < -0.39 is 5.97 Å². The minimum absolute atomic E-state index is 0.0464. The molecule has 0 atom stereocenters. The van der Waals surface area contributed by atoms with Crippen molar-refractivity contribution in [2.45, 2.75) is 6.42 Å². The van der Waals surface area contributed by atoms with Gasteiger partial charge in [0.1, 0.15) is 5.75 Å². The van der Waals surface area contributed by atoms with E-state index in [0.29, 0.717) is 17.2 Å². The molecule has 1 aromatic carbocycles. The molecule has 0 saturated heterocycles. The topological polar surface area (TPSA) is 65.0 Å². The predicted molar refractivity (Wildman–Crippen MR) is 56.9 cm³/mol. The molecule has 1 rings (SSSR count). The van der Waals surface area contributed by atoms with Gasteiger partial charge < -0.3 is 19.3 Å². The Morgan fingerprint density at radius 3 is 2.56 bits per heavy atom. The highest BCUT2D eigenvalue weighted by molar-refractivity contribution is 5.73. The number of ether oxygens (including phenoxy) is 3. The molecule has 5 nitrogen and oxygen atoms in total. The van der Waals surface area contributed by atoms with Gasteiger partial charge in [0, 0.05) is 6.07 Å². The second-order valence-electron chi connectivity index (χ2n) is 2.96. The molecule has 0 fully saturated rings. The van der Waals surface area contributed by atoms with Crippen molar-refractivity contribution in [3.8, 4) is 17.2 Å². The van der Waals surface area contributed by atoms with E-state index in [4.69, 9.17) is 19.3 Å². The molecule has 0 aromatic heterocycles. The summed E-state index contributed by atoms with van der Waals surface area (Å²) in [7, 11) is 3.00. The molecule has 0 radical (unpaired) electrons. The van der Waals surface area contributed by atoms with Gasteiger partial charge in [-0.1, -0.05) is 0 Å². The molecular formula is C11H14O5. The van der Waals surface area contributed by atoms with E-state index in [-0.39, 0.29) is 13.0 Å². The maximum absolute atomic E-state index is 11.2. The van der Waals surface area contributed by atoms with Crippen molar-refractivity contribution in [2.24, 2.45) is 0 Å². The summed E-state index contributed by atoms with van der Waals surface area (Å²) in [6, 6.07) is 4.85. The lowest BCUT2D eigenvalue weighted by Gasteiger charge is -2.10. The zero-order valence-corrected chi connectivity index (χ0v) is 9.23. The lowest BCUT2D eigenvalue weighted by Crippen LogP contribution is -2.10. The Bertz CT molecular complexity index is 361. The summed E-state index contributed by atoms with van der Waals surface area (Å²) >= 11 is 0. The highest BCUT2D eigenvalue weighted by Crippen LogP contribution is 2.31. The first-order valence-electron chi connectivity index (χ1n) is 4.74. The molecule has 0 heterocycles. The number of methoxy groups -OCH3 is 2. The number of carbonyl (C=O) groups excluding carboxylic acids is 1. The van der Waals surface area contributed by atoms with Gasteiger partial charge in [0.15, 0.2) is 11.5 Å². The number of aliphatic hydroxyl groups excluding tert-OH is 1. The van der Waals surface area contributed by atoms with Gasteiger partial charge in [0.05, 0.1) is 27.2 Å². The standard InChI is InChI=1S/C11H14O5/c1-14-8-3-4-9(10(7-8)15-2)16-11(13)5-6-12/h3-4,7,12H,5-6H2,1-2H3. The van der Waals surface area contributed by atoms with Crippen LogP contribution in [0, 0.1) is 0 Å². The van der Waals surface area contributed by atoms with Gasteiger partial charge >= 0.3 is 5.97 Å². The molecule has 0 spiro atoms. The van der Waals surface area contributed by atoms with Crippen LogP contribution >= 0.6 is 0 Å². The number of rotatable bonds is 5. The molecule has 5 heteroatoms. The summed E-state index contributed by atoms with van der Waals surface area (Å²) in [6.07, 6.45) is -0.0464. The fraction of sp³-hybridized carbons (Fsp3) is 0.364. The summed E-state index contributed by atoms with van der Waals surface area (Å²) in [6.45, 7) is -0.239. The van der Waals surface area contributed by atoms with Crippen LogP contribution in [0.1, 0.15) is 6.42 Å². The van der Waals surface area contributed by atoms with Gasteiger partial charge in [-0.05, 0) is 12.1 Å².